The van der Waals surface area contributed by atoms with Crippen LogP contribution in [0.1, 0.15) is 25.7 Å². The number of hydrogen-bond acceptors (Lipinski definition) is 3. The molecule has 3 rings (SSSR count). The summed E-state index contributed by atoms with van der Waals surface area (Å²) in [6, 6.07) is 5.28. The molecule has 1 aromatic heterocycles. The van der Waals surface area contributed by atoms with Crippen molar-refractivity contribution in [3.05, 3.63) is 24.5 Å². The quantitative estimate of drug-likeness (QED) is 0.796. The molecule has 0 spiro atoms. The second kappa shape index (κ2) is 3.81. The minimum absolute atomic E-state index is 0.382. The lowest BCUT2D eigenvalue weighted by Crippen LogP contribution is -2.42. The minimum Gasteiger partial charge on any atom is -0.489 e. The van der Waals surface area contributed by atoms with Gasteiger partial charge < -0.3 is 10.1 Å². The first-order valence-electron chi connectivity index (χ1n) is 5.73. The average Bonchev–Trinajstić information content (AvgIpc) is 2.60. The molecule has 1 N–H and O–H groups in total. The fourth-order valence-electron chi connectivity index (χ4n) is 2.71. The number of pyridine rings is 1. The SMILES string of the molecule is c1cncc(OC2CC3CCC(C2)N3)c1. The molecular weight excluding hydrogens is 188 g/mol. The Balaban J connectivity index is 1.65. The molecule has 2 unspecified atom stereocenters. The zero-order valence-corrected chi connectivity index (χ0v) is 8.73. The van der Waals surface area contributed by atoms with Crippen LogP contribution < -0.4 is 10.1 Å². The van der Waals surface area contributed by atoms with E-state index in [0.717, 1.165) is 18.6 Å². The third-order valence-corrected chi connectivity index (χ3v) is 3.37. The number of ether oxygens (including phenoxy) is 1. The summed E-state index contributed by atoms with van der Waals surface area (Å²) in [4.78, 5) is 4.06. The van der Waals surface area contributed by atoms with E-state index >= 15 is 0 Å². The molecular formula is C12H16N2O. The molecule has 2 bridgehead atoms. The molecule has 0 aromatic carbocycles. The van der Waals surface area contributed by atoms with Crippen molar-refractivity contribution in [3.63, 3.8) is 0 Å². The highest BCUT2D eigenvalue weighted by molar-refractivity contribution is 5.16. The molecule has 2 atom stereocenters. The van der Waals surface area contributed by atoms with Crippen molar-refractivity contribution in [1.82, 2.24) is 10.3 Å². The first-order chi connectivity index (χ1) is 7.40. The van der Waals surface area contributed by atoms with Gasteiger partial charge in [0.25, 0.3) is 0 Å². The van der Waals surface area contributed by atoms with Crippen molar-refractivity contribution >= 4 is 0 Å². The van der Waals surface area contributed by atoms with E-state index in [1.165, 1.54) is 12.8 Å². The minimum atomic E-state index is 0.382. The van der Waals surface area contributed by atoms with E-state index in [1.54, 1.807) is 12.4 Å². The van der Waals surface area contributed by atoms with E-state index in [2.05, 4.69) is 10.3 Å². The maximum Gasteiger partial charge on any atom is 0.137 e. The van der Waals surface area contributed by atoms with Crippen LogP contribution in [0.25, 0.3) is 0 Å². The lowest BCUT2D eigenvalue weighted by atomic mass is 10.0. The summed E-state index contributed by atoms with van der Waals surface area (Å²) >= 11 is 0. The van der Waals surface area contributed by atoms with E-state index in [-0.39, 0.29) is 0 Å². The largest absolute Gasteiger partial charge is 0.489 e. The van der Waals surface area contributed by atoms with Crippen LogP contribution >= 0.6 is 0 Å². The van der Waals surface area contributed by atoms with Gasteiger partial charge in [0.05, 0.1) is 6.20 Å². The number of nitrogens with zero attached hydrogens (tertiary/aromatic N) is 1. The summed E-state index contributed by atoms with van der Waals surface area (Å²) in [5, 5.41) is 3.61. The van der Waals surface area contributed by atoms with E-state index in [4.69, 9.17) is 4.74 Å². The number of piperidine rings is 1. The summed E-state index contributed by atoms with van der Waals surface area (Å²) in [7, 11) is 0. The summed E-state index contributed by atoms with van der Waals surface area (Å²) in [5.41, 5.74) is 0. The topological polar surface area (TPSA) is 34.1 Å². The molecule has 80 valence electrons. The highest BCUT2D eigenvalue weighted by atomic mass is 16.5. The Morgan fingerprint density at radius 1 is 1.27 bits per heavy atom. The van der Waals surface area contributed by atoms with Gasteiger partial charge in [-0.3, -0.25) is 4.98 Å². The fraction of sp³-hybridized carbons (Fsp3) is 0.583. The lowest BCUT2D eigenvalue weighted by Gasteiger charge is -2.29. The Bertz CT molecular complexity index is 316. The van der Waals surface area contributed by atoms with Gasteiger partial charge in [-0.25, -0.2) is 0 Å². The Morgan fingerprint density at radius 3 is 2.73 bits per heavy atom. The predicted molar refractivity (Wildman–Crippen MR) is 57.8 cm³/mol. The van der Waals surface area contributed by atoms with Crippen LogP contribution in [0.5, 0.6) is 5.75 Å². The van der Waals surface area contributed by atoms with Crippen LogP contribution in [0.2, 0.25) is 0 Å². The zero-order chi connectivity index (χ0) is 10.1. The van der Waals surface area contributed by atoms with Crippen molar-refractivity contribution in [2.75, 3.05) is 0 Å². The molecule has 0 amide bonds. The maximum atomic E-state index is 5.93. The highest BCUT2D eigenvalue weighted by Crippen LogP contribution is 2.29. The van der Waals surface area contributed by atoms with Crippen molar-refractivity contribution in [2.24, 2.45) is 0 Å². The Morgan fingerprint density at radius 2 is 2.07 bits per heavy atom. The van der Waals surface area contributed by atoms with Crippen molar-refractivity contribution in [2.45, 2.75) is 43.9 Å². The van der Waals surface area contributed by atoms with Gasteiger partial charge in [-0.2, -0.15) is 0 Å². The molecule has 3 heteroatoms. The van der Waals surface area contributed by atoms with Crippen LogP contribution in [-0.2, 0) is 0 Å². The third-order valence-electron chi connectivity index (χ3n) is 3.37. The van der Waals surface area contributed by atoms with Crippen LogP contribution in [-0.4, -0.2) is 23.2 Å². The maximum absolute atomic E-state index is 5.93. The van der Waals surface area contributed by atoms with Crippen LogP contribution in [0.15, 0.2) is 24.5 Å². The predicted octanol–water partition coefficient (Wildman–Crippen LogP) is 1.74. The highest BCUT2D eigenvalue weighted by Gasteiger charge is 2.34. The third kappa shape index (κ3) is 1.97. The van der Waals surface area contributed by atoms with Gasteiger partial charge in [-0.1, -0.05) is 0 Å². The van der Waals surface area contributed by atoms with Gasteiger partial charge in [0, 0.05) is 18.3 Å². The number of rotatable bonds is 2. The van der Waals surface area contributed by atoms with Gasteiger partial charge in [0.15, 0.2) is 0 Å². The van der Waals surface area contributed by atoms with Gasteiger partial charge in [-0.05, 0) is 37.8 Å². The molecule has 0 saturated carbocycles. The molecule has 2 aliphatic heterocycles. The molecule has 3 nitrogen and oxygen atoms in total. The average molecular weight is 204 g/mol. The van der Waals surface area contributed by atoms with E-state index in [9.17, 15) is 0 Å². The Labute approximate surface area is 89.9 Å². The fourth-order valence-corrected chi connectivity index (χ4v) is 2.71. The normalized spacial score (nSPS) is 34.0. The summed E-state index contributed by atoms with van der Waals surface area (Å²) in [6.45, 7) is 0. The van der Waals surface area contributed by atoms with Crippen LogP contribution in [0.3, 0.4) is 0 Å². The number of aromatic nitrogens is 1. The summed E-state index contributed by atoms with van der Waals surface area (Å²) in [6.07, 6.45) is 8.88. The van der Waals surface area contributed by atoms with E-state index in [1.807, 2.05) is 12.1 Å². The molecule has 2 aliphatic rings. The first-order valence-corrected chi connectivity index (χ1v) is 5.73. The number of hydrogen-bond donors (Lipinski definition) is 1. The molecule has 2 fully saturated rings. The molecule has 0 aliphatic carbocycles. The van der Waals surface area contributed by atoms with Gasteiger partial charge >= 0.3 is 0 Å². The number of fused-ring (bicyclic) bond motifs is 2. The standard InChI is InChI=1S/C12H16N2O/c1-2-11(8-13-5-1)15-12-6-9-3-4-10(7-12)14-9/h1-2,5,8-10,12,14H,3-4,6-7H2. The van der Waals surface area contributed by atoms with Gasteiger partial charge in [0.1, 0.15) is 11.9 Å². The molecule has 0 radical (unpaired) electrons. The van der Waals surface area contributed by atoms with E-state index < -0.39 is 0 Å². The van der Waals surface area contributed by atoms with E-state index in [0.29, 0.717) is 18.2 Å². The van der Waals surface area contributed by atoms with Crippen LogP contribution in [0, 0.1) is 0 Å². The molecule has 3 heterocycles. The molecule has 15 heavy (non-hydrogen) atoms. The number of nitrogens with one attached hydrogen (secondary N) is 1. The van der Waals surface area contributed by atoms with Gasteiger partial charge in [-0.15, -0.1) is 0 Å². The van der Waals surface area contributed by atoms with Gasteiger partial charge in [0.2, 0.25) is 0 Å². The summed E-state index contributed by atoms with van der Waals surface area (Å²) < 4.78 is 5.93. The smallest absolute Gasteiger partial charge is 0.137 e. The molecule has 1 aromatic rings. The van der Waals surface area contributed by atoms with Crippen LogP contribution in [0.4, 0.5) is 0 Å². The monoisotopic (exact) mass is 204 g/mol. The van der Waals surface area contributed by atoms with Crippen molar-refractivity contribution < 1.29 is 4.74 Å². The molecule has 2 saturated heterocycles. The summed E-state index contributed by atoms with van der Waals surface area (Å²) in [5.74, 6) is 0.906. The Kier molecular flexibility index (Phi) is 2.33. The zero-order valence-electron chi connectivity index (χ0n) is 8.73. The Hall–Kier alpha value is -1.09. The second-order valence-corrected chi connectivity index (χ2v) is 4.54. The lowest BCUT2D eigenvalue weighted by molar-refractivity contribution is 0.137. The van der Waals surface area contributed by atoms with Crippen molar-refractivity contribution in [3.8, 4) is 5.75 Å². The second-order valence-electron chi connectivity index (χ2n) is 4.54. The first kappa shape index (κ1) is 9.16. The van der Waals surface area contributed by atoms with Crippen molar-refractivity contribution in [1.29, 1.82) is 0 Å².